The van der Waals surface area contributed by atoms with Crippen LogP contribution in [0.5, 0.6) is 0 Å². The minimum absolute atomic E-state index is 0.0603. The van der Waals surface area contributed by atoms with Gasteiger partial charge in [0.05, 0.1) is 15.3 Å². The molecule has 1 aliphatic heterocycles. The highest BCUT2D eigenvalue weighted by atomic mass is 35.5. The van der Waals surface area contributed by atoms with Crippen LogP contribution >= 0.6 is 34.3 Å². The van der Waals surface area contributed by atoms with Crippen molar-refractivity contribution in [3.63, 3.8) is 0 Å². The first-order chi connectivity index (χ1) is 15.0. The van der Waals surface area contributed by atoms with Crippen LogP contribution < -0.4 is 4.90 Å². The second-order valence-corrected chi connectivity index (χ2v) is 8.92. The van der Waals surface area contributed by atoms with Crippen molar-refractivity contribution in [2.75, 3.05) is 4.90 Å². The Morgan fingerprint density at radius 2 is 2.00 bits per heavy atom. The highest BCUT2D eigenvalue weighted by Gasteiger charge is 2.47. The molecule has 0 saturated heterocycles. The second kappa shape index (κ2) is 7.52. The molecule has 10 heteroatoms. The summed E-state index contributed by atoms with van der Waals surface area (Å²) in [5.74, 6) is -2.86. The van der Waals surface area contributed by atoms with E-state index in [1.54, 1.807) is 29.6 Å². The normalized spacial score (nSPS) is 16.5. The maximum absolute atomic E-state index is 14.8. The number of hydrogen-bond donors (Lipinski definition) is 1. The molecule has 0 fully saturated rings. The Kier molecular flexibility index (Phi) is 4.81. The maximum atomic E-state index is 14.8. The lowest BCUT2D eigenvalue weighted by Gasteiger charge is -2.24. The molecule has 154 valence electrons. The summed E-state index contributed by atoms with van der Waals surface area (Å²) in [6.07, 6.45) is 1.44. The summed E-state index contributed by atoms with van der Waals surface area (Å²) in [7, 11) is 0. The van der Waals surface area contributed by atoms with Gasteiger partial charge >= 0.3 is 0 Å². The maximum Gasteiger partial charge on any atom is 0.296 e. The zero-order valence-corrected chi connectivity index (χ0v) is 17.8. The second-order valence-electron chi connectivity index (χ2n) is 6.61. The highest BCUT2D eigenvalue weighted by molar-refractivity contribution is 7.22. The first-order valence-electron chi connectivity index (χ1n) is 8.97. The largest absolute Gasteiger partial charge is 0.503 e. The van der Waals surface area contributed by atoms with E-state index in [2.05, 4.69) is 9.97 Å². The Labute approximate surface area is 187 Å². The summed E-state index contributed by atoms with van der Waals surface area (Å²) >= 11 is 8.45. The zero-order valence-electron chi connectivity index (χ0n) is 15.5. The third-order valence-electron chi connectivity index (χ3n) is 4.84. The van der Waals surface area contributed by atoms with Gasteiger partial charge in [-0.3, -0.25) is 14.5 Å². The highest BCUT2D eigenvalue weighted by Crippen LogP contribution is 2.45. The number of ketones is 1. The average Bonchev–Trinajstić information content (AvgIpc) is 3.48. The number of aliphatic hydroxyl groups is 1. The first kappa shape index (κ1) is 19.8. The summed E-state index contributed by atoms with van der Waals surface area (Å²) < 4.78 is 15.5. The van der Waals surface area contributed by atoms with E-state index < -0.39 is 29.3 Å². The molecule has 6 nitrogen and oxygen atoms in total. The number of carbonyl (C=O) groups excluding carboxylic acids is 2. The number of amides is 1. The number of anilines is 1. The van der Waals surface area contributed by atoms with Gasteiger partial charge in [0.25, 0.3) is 5.91 Å². The number of aromatic nitrogens is 2. The molecule has 2 aromatic carbocycles. The van der Waals surface area contributed by atoms with Crippen LogP contribution in [0.2, 0.25) is 5.02 Å². The van der Waals surface area contributed by atoms with Crippen molar-refractivity contribution in [3.05, 3.63) is 86.8 Å². The van der Waals surface area contributed by atoms with Gasteiger partial charge in [-0.25, -0.2) is 14.4 Å². The number of nitrogens with zero attached hydrogens (tertiary/aromatic N) is 3. The third kappa shape index (κ3) is 3.13. The standard InChI is InChI=1S/C21H11ClFN3O3S2/c22-11-5-3-7-13-15(11)25-21(31-13)26-16(10-4-1-2-6-12(10)23)14(18(28)20(26)29)17(27)19-24-8-9-30-19/h1-9,16,28H. The Balaban J connectivity index is 1.72. The molecule has 0 radical (unpaired) electrons. The summed E-state index contributed by atoms with van der Waals surface area (Å²) in [4.78, 5) is 35.8. The van der Waals surface area contributed by atoms with Crippen LogP contribution in [-0.2, 0) is 4.79 Å². The molecule has 1 atom stereocenters. The summed E-state index contributed by atoms with van der Waals surface area (Å²) in [6.45, 7) is 0. The van der Waals surface area contributed by atoms with Crippen molar-refractivity contribution in [2.24, 2.45) is 0 Å². The lowest BCUT2D eigenvalue weighted by Crippen LogP contribution is -2.31. The van der Waals surface area contributed by atoms with Gasteiger partial charge in [-0.2, -0.15) is 0 Å². The van der Waals surface area contributed by atoms with Crippen molar-refractivity contribution in [1.82, 2.24) is 9.97 Å². The number of benzene rings is 2. The van der Waals surface area contributed by atoms with Crippen LogP contribution in [0.3, 0.4) is 0 Å². The van der Waals surface area contributed by atoms with E-state index in [-0.39, 0.29) is 21.3 Å². The van der Waals surface area contributed by atoms with Crippen LogP contribution in [0.4, 0.5) is 9.52 Å². The van der Waals surface area contributed by atoms with Crippen LogP contribution in [0, 0.1) is 5.82 Å². The quantitative estimate of drug-likeness (QED) is 0.407. The monoisotopic (exact) mass is 471 g/mol. The number of aliphatic hydroxyl groups excluding tert-OH is 1. The number of hydrogen-bond acceptors (Lipinski definition) is 7. The van der Waals surface area contributed by atoms with E-state index in [1.165, 1.54) is 24.4 Å². The predicted molar refractivity (Wildman–Crippen MR) is 117 cm³/mol. The van der Waals surface area contributed by atoms with Crippen LogP contribution in [0.15, 0.2) is 65.4 Å². The predicted octanol–water partition coefficient (Wildman–Crippen LogP) is 5.33. The summed E-state index contributed by atoms with van der Waals surface area (Å²) in [5.41, 5.74) is 0.295. The zero-order chi connectivity index (χ0) is 21.7. The molecule has 31 heavy (non-hydrogen) atoms. The molecule has 0 aliphatic carbocycles. The van der Waals surface area contributed by atoms with Crippen LogP contribution in [0.1, 0.15) is 21.4 Å². The van der Waals surface area contributed by atoms with E-state index in [4.69, 9.17) is 11.6 Å². The lowest BCUT2D eigenvalue weighted by molar-refractivity contribution is -0.117. The van der Waals surface area contributed by atoms with Gasteiger partial charge in [-0.1, -0.05) is 47.2 Å². The minimum atomic E-state index is -1.20. The van der Waals surface area contributed by atoms with E-state index in [0.717, 1.165) is 27.6 Å². The molecule has 0 spiro atoms. The number of carbonyl (C=O) groups is 2. The topological polar surface area (TPSA) is 83.4 Å². The summed E-state index contributed by atoms with van der Waals surface area (Å²) in [6, 6.07) is 9.80. The molecular formula is C21H11ClFN3O3S2. The number of thiazole rings is 2. The average molecular weight is 472 g/mol. The van der Waals surface area contributed by atoms with Gasteiger partial charge in [0.2, 0.25) is 5.78 Å². The van der Waals surface area contributed by atoms with Gasteiger partial charge in [-0.05, 0) is 18.2 Å². The molecule has 1 aliphatic rings. The lowest BCUT2D eigenvalue weighted by atomic mass is 9.96. The molecule has 0 bridgehead atoms. The van der Waals surface area contributed by atoms with Gasteiger partial charge < -0.3 is 5.11 Å². The fraction of sp³-hybridized carbons (Fsp3) is 0.0476. The molecule has 0 saturated carbocycles. The number of fused-ring (bicyclic) bond motifs is 1. The molecule has 5 rings (SSSR count). The molecule has 3 heterocycles. The minimum Gasteiger partial charge on any atom is -0.503 e. The molecule has 2 aromatic heterocycles. The number of Topliss-reactive ketones (excluding diaryl/α,β-unsaturated/α-hetero) is 1. The van der Waals surface area contributed by atoms with E-state index in [1.807, 2.05) is 0 Å². The molecular weight excluding hydrogens is 461 g/mol. The van der Waals surface area contributed by atoms with Gasteiger partial charge in [-0.15, -0.1) is 11.3 Å². The SMILES string of the molecule is O=C(C1=C(O)C(=O)N(c2nc3c(Cl)cccc3s2)C1c1ccccc1F)c1nccs1. The number of rotatable bonds is 4. The number of para-hydroxylation sites is 1. The molecule has 1 unspecified atom stereocenters. The van der Waals surface area contributed by atoms with Crippen molar-refractivity contribution in [1.29, 1.82) is 0 Å². The Hall–Kier alpha value is -3.14. The van der Waals surface area contributed by atoms with Crippen molar-refractivity contribution in [3.8, 4) is 0 Å². The Bertz CT molecular complexity index is 1380. The number of halogens is 2. The smallest absolute Gasteiger partial charge is 0.296 e. The van der Waals surface area contributed by atoms with E-state index >= 15 is 0 Å². The third-order valence-corrected chi connectivity index (χ3v) is 6.94. The van der Waals surface area contributed by atoms with E-state index in [9.17, 15) is 19.1 Å². The Morgan fingerprint density at radius 1 is 1.19 bits per heavy atom. The van der Waals surface area contributed by atoms with Crippen LogP contribution in [-0.4, -0.2) is 26.8 Å². The Morgan fingerprint density at radius 3 is 2.71 bits per heavy atom. The van der Waals surface area contributed by atoms with Gasteiger partial charge in [0.15, 0.2) is 15.9 Å². The van der Waals surface area contributed by atoms with Crippen molar-refractivity contribution in [2.45, 2.75) is 6.04 Å². The fourth-order valence-electron chi connectivity index (χ4n) is 3.48. The van der Waals surface area contributed by atoms with Gasteiger partial charge in [0.1, 0.15) is 17.4 Å². The van der Waals surface area contributed by atoms with Crippen LogP contribution in [0.25, 0.3) is 10.2 Å². The molecule has 1 N–H and O–H groups in total. The van der Waals surface area contributed by atoms with Crippen molar-refractivity contribution < 1.29 is 19.1 Å². The van der Waals surface area contributed by atoms with Gasteiger partial charge in [0, 0.05) is 17.1 Å². The summed E-state index contributed by atoms with van der Waals surface area (Å²) in [5, 5.41) is 13.0. The molecule has 4 aromatic rings. The fourth-order valence-corrected chi connectivity index (χ4v) is 5.36. The molecule has 1 amide bonds. The van der Waals surface area contributed by atoms with E-state index in [0.29, 0.717) is 15.2 Å². The van der Waals surface area contributed by atoms with Crippen molar-refractivity contribution >= 4 is 61.3 Å². The first-order valence-corrected chi connectivity index (χ1v) is 11.0.